The van der Waals surface area contributed by atoms with E-state index in [-0.39, 0.29) is 122 Å². The van der Waals surface area contributed by atoms with Crippen molar-refractivity contribution in [1.82, 2.24) is 0 Å². The summed E-state index contributed by atoms with van der Waals surface area (Å²) in [5.74, 6) is 0. The Labute approximate surface area is 119 Å². The summed E-state index contributed by atoms with van der Waals surface area (Å²) < 4.78 is 0. The van der Waals surface area contributed by atoms with Crippen LogP contribution in [0.4, 0.5) is 0 Å². The fourth-order valence-electron chi connectivity index (χ4n) is 0. The Kier molecular flexibility index (Phi) is 191. The van der Waals surface area contributed by atoms with Crippen LogP contribution in [0.25, 0.3) is 0 Å². The number of hydrogen-bond donors (Lipinski definition) is 0. The minimum absolute atomic E-state index is 0. The predicted molar refractivity (Wildman–Crippen MR) is 27.0 cm³/mol. The van der Waals surface area contributed by atoms with E-state index in [1.54, 1.807) is 0 Å². The third-order valence-corrected chi connectivity index (χ3v) is 0. The van der Waals surface area contributed by atoms with Crippen LogP contribution in [0.2, 0.25) is 0 Å². The second-order valence-electron chi connectivity index (χ2n) is 0. The standard InChI is InChI=1S/Al.Ca.Cr.Li.Mg.8H/q;+2;;+1;+2;;;;5*-1. The van der Waals surface area contributed by atoms with Crippen LogP contribution in [0.15, 0.2) is 0 Å². The van der Waals surface area contributed by atoms with E-state index in [0.29, 0.717) is 0 Å². The maximum atomic E-state index is 0. The van der Waals surface area contributed by atoms with Crippen molar-refractivity contribution in [2.45, 2.75) is 0 Å². The molecular formula is H8AlCaCrLiMg. The summed E-state index contributed by atoms with van der Waals surface area (Å²) in [4.78, 5) is 0. The monoisotopic (exact) mass is 158 g/mol. The molecular weight excluding hydrogens is 150 g/mol. The van der Waals surface area contributed by atoms with Crippen molar-refractivity contribution in [2.75, 3.05) is 0 Å². The van der Waals surface area contributed by atoms with Crippen LogP contribution >= 0.6 is 0 Å². The first-order chi connectivity index (χ1) is 0. The molecule has 0 fully saturated rings. The van der Waals surface area contributed by atoms with E-state index in [1.807, 2.05) is 0 Å². The van der Waals surface area contributed by atoms with Gasteiger partial charge in [-0.15, -0.1) is 0 Å². The van der Waals surface area contributed by atoms with E-state index in [2.05, 4.69) is 0 Å². The van der Waals surface area contributed by atoms with Gasteiger partial charge in [-0.25, -0.2) is 0 Å². The van der Waals surface area contributed by atoms with Gasteiger partial charge >= 0.3 is 79.7 Å². The quantitative estimate of drug-likeness (QED) is 0.313. The Morgan fingerprint density at radius 2 is 1.20 bits per heavy atom. The van der Waals surface area contributed by atoms with Gasteiger partial charge in [-0.3, -0.25) is 0 Å². The van der Waals surface area contributed by atoms with Crippen LogP contribution in [0.1, 0.15) is 7.13 Å². The molecule has 0 saturated heterocycles. The van der Waals surface area contributed by atoms with Gasteiger partial charge in [0.2, 0.25) is 0 Å². The Hall–Kier alpha value is 3.69. The first kappa shape index (κ1) is 37.8. The summed E-state index contributed by atoms with van der Waals surface area (Å²) >= 11 is 0. The van der Waals surface area contributed by atoms with Crippen LogP contribution in [-0.4, -0.2) is 78.2 Å². The molecule has 0 N–H and O–H groups in total. The Morgan fingerprint density at radius 3 is 1.20 bits per heavy atom. The van der Waals surface area contributed by atoms with Crippen molar-refractivity contribution in [3.8, 4) is 0 Å². The fourth-order valence-corrected chi connectivity index (χ4v) is 0. The molecule has 0 aromatic heterocycles. The van der Waals surface area contributed by atoms with Gasteiger partial charge in [-0.1, -0.05) is 0 Å². The average Bonchev–Trinajstić information content (AvgIpc) is 0. The van der Waals surface area contributed by atoms with Crippen molar-refractivity contribution >= 4 is 78.2 Å². The molecule has 0 saturated carbocycles. The number of rotatable bonds is 0. The molecule has 0 radical (unpaired) electrons. The molecule has 22 valence electrons. The number of hydrogen-bond acceptors (Lipinski definition) is 0. The molecule has 0 aliphatic rings. The van der Waals surface area contributed by atoms with Gasteiger partial charge in [0.15, 0.2) is 17.4 Å². The normalized spacial score (nSPS) is 0. The van der Waals surface area contributed by atoms with Crippen molar-refractivity contribution in [2.24, 2.45) is 0 Å². The molecule has 0 aromatic rings. The molecule has 0 nitrogen and oxygen atoms in total. The molecule has 0 aromatic carbocycles. The maximum absolute atomic E-state index is 0. The van der Waals surface area contributed by atoms with Crippen molar-refractivity contribution in [3.63, 3.8) is 0 Å². The minimum Gasteiger partial charge on any atom is -1.00 e. The third-order valence-electron chi connectivity index (χ3n) is 0. The smallest absolute Gasteiger partial charge is 1.00 e. The topological polar surface area (TPSA) is 0 Å². The van der Waals surface area contributed by atoms with E-state index in [1.165, 1.54) is 0 Å². The molecule has 0 amide bonds. The summed E-state index contributed by atoms with van der Waals surface area (Å²) in [7, 11) is 0. The van der Waals surface area contributed by atoms with Gasteiger partial charge in [0.05, 0.1) is 0 Å². The zero-order chi connectivity index (χ0) is 0. The molecule has 0 atom stereocenters. The average molecular weight is 158 g/mol. The SMILES string of the molecule is [AlH3].[Ca+2].[Cr].[H-].[H-].[H-].[H-].[H-].[Li+].[Mg+2]. The van der Waals surface area contributed by atoms with Crippen molar-refractivity contribution in [1.29, 1.82) is 0 Å². The van der Waals surface area contributed by atoms with Crippen molar-refractivity contribution in [3.05, 3.63) is 0 Å². The Morgan fingerprint density at radius 1 is 1.20 bits per heavy atom. The van der Waals surface area contributed by atoms with Crippen LogP contribution in [0.5, 0.6) is 0 Å². The van der Waals surface area contributed by atoms with Gasteiger partial charge in [0.25, 0.3) is 0 Å². The summed E-state index contributed by atoms with van der Waals surface area (Å²) in [6, 6.07) is 0. The Bertz CT molecular complexity index is 21.6. The molecule has 0 spiro atoms. The second kappa shape index (κ2) is 25.3. The van der Waals surface area contributed by atoms with Gasteiger partial charge in [0, 0.05) is 17.4 Å². The van der Waals surface area contributed by atoms with E-state index in [0.717, 1.165) is 0 Å². The molecule has 5 heteroatoms. The minimum atomic E-state index is 0. The third kappa shape index (κ3) is 18.3. The van der Waals surface area contributed by atoms with E-state index in [4.69, 9.17) is 0 Å². The summed E-state index contributed by atoms with van der Waals surface area (Å²) in [5, 5.41) is 0. The second-order valence-corrected chi connectivity index (χ2v) is 0. The molecule has 0 rings (SSSR count). The van der Waals surface area contributed by atoms with E-state index < -0.39 is 0 Å². The fraction of sp³-hybridized carbons (Fsp3) is 0. The van der Waals surface area contributed by atoms with Crippen LogP contribution in [-0.2, 0) is 17.4 Å². The van der Waals surface area contributed by atoms with Gasteiger partial charge in [-0.2, -0.15) is 0 Å². The van der Waals surface area contributed by atoms with Crippen molar-refractivity contribution < 1.29 is 43.4 Å². The maximum Gasteiger partial charge on any atom is 2.00 e. The van der Waals surface area contributed by atoms with E-state index in [9.17, 15) is 0 Å². The summed E-state index contributed by atoms with van der Waals surface area (Å²) in [6.07, 6.45) is 0. The van der Waals surface area contributed by atoms with Crippen LogP contribution in [0.3, 0.4) is 0 Å². The van der Waals surface area contributed by atoms with Crippen LogP contribution < -0.4 is 18.9 Å². The van der Waals surface area contributed by atoms with E-state index >= 15 is 0 Å². The van der Waals surface area contributed by atoms with Crippen LogP contribution in [0, 0.1) is 0 Å². The Balaban J connectivity index is 0. The molecule has 0 aliphatic heterocycles. The molecule has 0 heterocycles. The first-order valence-corrected chi connectivity index (χ1v) is 0. The summed E-state index contributed by atoms with van der Waals surface area (Å²) in [6.45, 7) is 0. The molecule has 0 bridgehead atoms. The molecule has 5 heavy (non-hydrogen) atoms. The van der Waals surface area contributed by atoms with Gasteiger partial charge < -0.3 is 7.13 Å². The first-order valence-electron chi connectivity index (χ1n) is 0. The summed E-state index contributed by atoms with van der Waals surface area (Å²) in [5.41, 5.74) is 0. The van der Waals surface area contributed by atoms with Gasteiger partial charge in [0.1, 0.15) is 0 Å². The van der Waals surface area contributed by atoms with Gasteiger partial charge in [-0.05, 0) is 0 Å². The zero-order valence-electron chi connectivity index (χ0n) is 7.82. The predicted octanol–water partition coefficient (Wildman–Crippen LogP) is -4.38. The molecule has 0 unspecified atom stereocenters. The largest absolute Gasteiger partial charge is 2.00 e. The zero-order valence-corrected chi connectivity index (χ0v) is 7.72. The molecule has 0 aliphatic carbocycles.